The summed E-state index contributed by atoms with van der Waals surface area (Å²) >= 11 is 0. The van der Waals surface area contributed by atoms with Crippen LogP contribution in [-0.4, -0.2) is 17.6 Å². The van der Waals surface area contributed by atoms with Crippen molar-refractivity contribution in [2.45, 2.75) is 33.1 Å². The average Bonchev–Trinajstić information content (AvgIpc) is 2.89. The molecule has 7 heteroatoms. The van der Waals surface area contributed by atoms with Crippen molar-refractivity contribution in [1.29, 1.82) is 5.26 Å². The number of carbonyl (C=O) groups is 1. The molecular formula is C29H29F3N2O2. The van der Waals surface area contributed by atoms with E-state index in [1.165, 1.54) is 23.8 Å². The molecule has 0 aromatic heterocycles. The summed E-state index contributed by atoms with van der Waals surface area (Å²) in [7, 11) is 0. The Balaban J connectivity index is 0.000000344. The predicted molar refractivity (Wildman–Crippen MR) is 137 cm³/mol. The van der Waals surface area contributed by atoms with E-state index in [2.05, 4.69) is 11.9 Å². The summed E-state index contributed by atoms with van der Waals surface area (Å²) in [6.07, 6.45) is -4.27. The van der Waals surface area contributed by atoms with Gasteiger partial charge in [-0.3, -0.25) is 4.79 Å². The number of hydrogen-bond acceptors (Lipinski definition) is 4. The number of anilines is 1. The van der Waals surface area contributed by atoms with Crippen LogP contribution < -0.4 is 5.32 Å². The van der Waals surface area contributed by atoms with Crippen molar-refractivity contribution < 1.29 is 23.1 Å². The Morgan fingerprint density at radius 3 is 2.17 bits per heavy atom. The van der Waals surface area contributed by atoms with Gasteiger partial charge in [-0.15, -0.1) is 0 Å². The number of rotatable bonds is 6. The SMILES string of the molecule is C=C(/C=C(/C=O)Nc1cccc(C#N)c1)C(F)(F)F.CC.Cc1cccc(C(O)c2ccccc2)c1. The molecule has 0 saturated carbocycles. The molecule has 0 fully saturated rings. The Labute approximate surface area is 210 Å². The Morgan fingerprint density at radius 1 is 1.00 bits per heavy atom. The second-order valence-corrected chi connectivity index (χ2v) is 7.29. The van der Waals surface area contributed by atoms with Crippen LogP contribution >= 0.6 is 0 Å². The van der Waals surface area contributed by atoms with Crippen molar-refractivity contribution in [2.75, 3.05) is 5.32 Å². The molecule has 0 aliphatic carbocycles. The van der Waals surface area contributed by atoms with E-state index in [9.17, 15) is 23.1 Å². The van der Waals surface area contributed by atoms with Gasteiger partial charge in [0.05, 0.1) is 22.9 Å². The number of nitriles is 1. The molecule has 0 aliphatic rings. The molecule has 2 N–H and O–H groups in total. The lowest BCUT2D eigenvalue weighted by Gasteiger charge is -2.11. The van der Waals surface area contributed by atoms with Crippen molar-refractivity contribution in [3.63, 3.8) is 0 Å². The van der Waals surface area contributed by atoms with Crippen LogP contribution in [0.15, 0.2) is 103 Å². The molecule has 3 aromatic rings. The molecule has 0 saturated heterocycles. The third-order valence-corrected chi connectivity index (χ3v) is 4.57. The van der Waals surface area contributed by atoms with Crippen molar-refractivity contribution in [3.05, 3.63) is 125 Å². The number of hydrogen-bond donors (Lipinski definition) is 2. The van der Waals surface area contributed by atoms with Gasteiger partial charge in [0, 0.05) is 5.69 Å². The molecule has 36 heavy (non-hydrogen) atoms. The molecule has 3 aromatic carbocycles. The summed E-state index contributed by atoms with van der Waals surface area (Å²) in [6.45, 7) is 8.87. The highest BCUT2D eigenvalue weighted by Gasteiger charge is 2.30. The van der Waals surface area contributed by atoms with Gasteiger partial charge in [-0.05, 0) is 42.3 Å². The summed E-state index contributed by atoms with van der Waals surface area (Å²) in [5.74, 6) is 0. The second-order valence-electron chi connectivity index (χ2n) is 7.29. The minimum Gasteiger partial charge on any atom is -0.384 e. The molecule has 0 amide bonds. The van der Waals surface area contributed by atoms with E-state index in [0.29, 0.717) is 17.3 Å². The second kappa shape index (κ2) is 15.0. The van der Waals surface area contributed by atoms with Crippen molar-refractivity contribution >= 4 is 12.0 Å². The van der Waals surface area contributed by atoms with E-state index in [1.807, 2.05) is 81.4 Å². The summed E-state index contributed by atoms with van der Waals surface area (Å²) < 4.78 is 36.8. The first-order chi connectivity index (χ1) is 17.1. The van der Waals surface area contributed by atoms with Gasteiger partial charge < -0.3 is 10.4 Å². The van der Waals surface area contributed by atoms with Crippen LogP contribution in [0.4, 0.5) is 18.9 Å². The van der Waals surface area contributed by atoms with E-state index in [1.54, 1.807) is 6.07 Å². The number of alkyl halides is 3. The Hall–Kier alpha value is -4.15. The van der Waals surface area contributed by atoms with E-state index in [0.717, 1.165) is 11.1 Å². The number of nitrogens with one attached hydrogen (secondary N) is 1. The summed E-state index contributed by atoms with van der Waals surface area (Å²) in [5.41, 5.74) is 2.28. The molecule has 0 bridgehead atoms. The lowest BCUT2D eigenvalue weighted by Crippen LogP contribution is -2.11. The predicted octanol–water partition coefficient (Wildman–Crippen LogP) is 7.27. The highest BCUT2D eigenvalue weighted by atomic mass is 19.4. The van der Waals surface area contributed by atoms with Crippen LogP contribution in [0.3, 0.4) is 0 Å². The normalized spacial score (nSPS) is 11.4. The van der Waals surface area contributed by atoms with Crippen LogP contribution in [0.2, 0.25) is 0 Å². The van der Waals surface area contributed by atoms with Crippen LogP contribution in [0.5, 0.6) is 0 Å². The van der Waals surface area contributed by atoms with E-state index in [-0.39, 0.29) is 12.0 Å². The first kappa shape index (κ1) is 29.9. The largest absolute Gasteiger partial charge is 0.415 e. The average molecular weight is 495 g/mol. The fourth-order valence-corrected chi connectivity index (χ4v) is 2.87. The number of halogens is 3. The van der Waals surface area contributed by atoms with Crippen LogP contribution in [0.25, 0.3) is 0 Å². The first-order valence-electron chi connectivity index (χ1n) is 11.1. The highest BCUT2D eigenvalue weighted by Crippen LogP contribution is 2.26. The Kier molecular flexibility index (Phi) is 12.4. The van der Waals surface area contributed by atoms with Crippen LogP contribution in [-0.2, 0) is 4.79 Å². The molecular weight excluding hydrogens is 465 g/mol. The molecule has 4 nitrogen and oxygen atoms in total. The molecule has 1 atom stereocenters. The van der Waals surface area contributed by atoms with Gasteiger partial charge in [-0.2, -0.15) is 18.4 Å². The van der Waals surface area contributed by atoms with Gasteiger partial charge in [0.25, 0.3) is 0 Å². The number of aliphatic hydroxyl groups excluding tert-OH is 1. The number of benzene rings is 3. The van der Waals surface area contributed by atoms with Gasteiger partial charge in [-0.1, -0.05) is 86.7 Å². The van der Waals surface area contributed by atoms with E-state index >= 15 is 0 Å². The molecule has 0 aliphatic heterocycles. The quantitative estimate of drug-likeness (QED) is 0.215. The first-order valence-corrected chi connectivity index (χ1v) is 11.1. The maximum absolute atomic E-state index is 12.3. The number of allylic oxidation sites excluding steroid dienone is 3. The van der Waals surface area contributed by atoms with Gasteiger partial charge in [0.1, 0.15) is 6.10 Å². The lowest BCUT2D eigenvalue weighted by molar-refractivity contribution is -0.104. The topological polar surface area (TPSA) is 73.1 Å². The minimum atomic E-state index is -4.59. The number of carbonyl (C=O) groups excluding carboxylic acids is 1. The standard InChI is InChI=1S/C14H14O.C13H9F3N2O.C2H6/c1-11-6-5-9-13(10-11)14(15)12-7-3-2-4-8-12;1-9(13(14,15)16)5-12(8-19)18-11-4-2-3-10(6-11)7-17;1-2/h2-10,14-15H,1H3;2-6,8,18H,1H2;1-2H3/b;12-5-;. The van der Waals surface area contributed by atoms with E-state index in [4.69, 9.17) is 5.26 Å². The van der Waals surface area contributed by atoms with Crippen LogP contribution in [0.1, 0.15) is 42.2 Å². The number of aryl methyl sites for hydroxylation is 1. The van der Waals surface area contributed by atoms with Crippen molar-refractivity contribution in [2.24, 2.45) is 0 Å². The Morgan fingerprint density at radius 2 is 1.61 bits per heavy atom. The molecule has 0 spiro atoms. The zero-order chi connectivity index (χ0) is 27.1. The smallest absolute Gasteiger partial charge is 0.384 e. The third-order valence-electron chi connectivity index (χ3n) is 4.57. The van der Waals surface area contributed by atoms with Gasteiger partial charge >= 0.3 is 6.18 Å². The summed E-state index contributed by atoms with van der Waals surface area (Å²) in [5, 5.41) is 21.3. The molecule has 1 unspecified atom stereocenters. The summed E-state index contributed by atoms with van der Waals surface area (Å²) in [6, 6.07) is 25.5. The molecule has 188 valence electrons. The van der Waals surface area contributed by atoms with Gasteiger partial charge in [0.15, 0.2) is 6.29 Å². The lowest BCUT2D eigenvalue weighted by atomic mass is 10.0. The monoisotopic (exact) mass is 494 g/mol. The summed E-state index contributed by atoms with van der Waals surface area (Å²) in [4.78, 5) is 10.7. The maximum atomic E-state index is 12.3. The highest BCUT2D eigenvalue weighted by molar-refractivity contribution is 5.80. The molecule has 0 radical (unpaired) electrons. The number of nitrogens with zero attached hydrogens (tertiary/aromatic N) is 1. The number of aliphatic hydroxyl groups is 1. The molecule has 3 rings (SSSR count). The zero-order valence-electron chi connectivity index (χ0n) is 20.4. The molecule has 0 heterocycles. The third kappa shape index (κ3) is 10.00. The van der Waals surface area contributed by atoms with Gasteiger partial charge in [0.2, 0.25) is 0 Å². The van der Waals surface area contributed by atoms with Crippen LogP contribution in [0, 0.1) is 18.3 Å². The van der Waals surface area contributed by atoms with E-state index < -0.39 is 17.9 Å². The fourth-order valence-electron chi connectivity index (χ4n) is 2.87. The van der Waals surface area contributed by atoms with Crippen molar-refractivity contribution in [1.82, 2.24) is 0 Å². The van der Waals surface area contributed by atoms with Crippen molar-refractivity contribution in [3.8, 4) is 6.07 Å². The minimum absolute atomic E-state index is 0.246. The Bertz CT molecular complexity index is 1200. The maximum Gasteiger partial charge on any atom is 0.415 e. The number of aldehydes is 1. The fraction of sp³-hybridized carbons (Fsp3) is 0.172. The zero-order valence-corrected chi connectivity index (χ0v) is 20.4. The van der Waals surface area contributed by atoms with Gasteiger partial charge in [-0.25, -0.2) is 0 Å².